The zero-order chi connectivity index (χ0) is 38.6. The maximum atomic E-state index is 13.9. The molecule has 0 bridgehead atoms. The Balaban J connectivity index is 1.13. The summed E-state index contributed by atoms with van der Waals surface area (Å²) in [7, 11) is 3.17. The van der Waals surface area contributed by atoms with E-state index in [1.165, 1.54) is 32.2 Å². The van der Waals surface area contributed by atoms with Crippen LogP contribution in [0.5, 0.6) is 17.2 Å². The molecular weight excluding hydrogens is 696 g/mol. The summed E-state index contributed by atoms with van der Waals surface area (Å²) in [6.45, 7) is 3.23. The summed E-state index contributed by atoms with van der Waals surface area (Å²) >= 11 is 0. The van der Waals surface area contributed by atoms with Gasteiger partial charge < -0.3 is 44.5 Å². The first-order valence-electron chi connectivity index (χ1n) is 17.8. The van der Waals surface area contributed by atoms with Gasteiger partial charge >= 0.3 is 0 Å². The van der Waals surface area contributed by atoms with Gasteiger partial charge in [0.15, 0.2) is 23.6 Å². The molecule has 0 amide bonds. The minimum atomic E-state index is -2.05. The molecule has 1 fully saturated rings. The number of ether oxygens (including phenoxy) is 3. The van der Waals surface area contributed by atoms with Crippen molar-refractivity contribution in [2.45, 2.75) is 82.3 Å². The van der Waals surface area contributed by atoms with Crippen LogP contribution in [0.25, 0.3) is 0 Å². The highest BCUT2D eigenvalue weighted by atomic mass is 16.7. The number of aliphatic hydroxyl groups is 2. The number of Topliss-reactive ketones (excluding diaryl/α,β-unsaturated/α-hetero) is 2. The van der Waals surface area contributed by atoms with Crippen LogP contribution >= 0.6 is 0 Å². The van der Waals surface area contributed by atoms with Gasteiger partial charge in [-0.1, -0.05) is 36.4 Å². The second-order valence-corrected chi connectivity index (χ2v) is 14.4. The van der Waals surface area contributed by atoms with Crippen LogP contribution in [-0.4, -0.2) is 85.4 Å². The fraction of sp³-hybridized carbons (Fsp3) is 0.366. The fourth-order valence-electron chi connectivity index (χ4n) is 7.88. The van der Waals surface area contributed by atoms with E-state index in [9.17, 15) is 39.6 Å². The van der Waals surface area contributed by atoms with Gasteiger partial charge in [-0.3, -0.25) is 19.2 Å². The standard InChI is InChI=1S/C41H42N2O11/c1-20-36(46)26(42-19-23-12-10-22(11-13-23)15-28(45)27-8-6-14-43(27)3)16-31(53-20)54-30-18-41(51,21(2)44)17-25-33(30)40(50)35-34(38(25)48)37(47)24-7-5-9-29(52-4)32(24)39(35)49/h5-14,20,26,30-31,36,42,46,48,50-51H,15-19H2,1-4H3/t20?,26?,30-,31?,36?,41-/m0/s1. The van der Waals surface area contributed by atoms with Crippen LogP contribution in [0.3, 0.4) is 0 Å². The van der Waals surface area contributed by atoms with Crippen LogP contribution in [0.2, 0.25) is 0 Å². The van der Waals surface area contributed by atoms with E-state index in [1.807, 2.05) is 43.6 Å². The number of aliphatic hydroxyl groups excluding tert-OH is 1. The van der Waals surface area contributed by atoms with E-state index >= 15 is 0 Å². The van der Waals surface area contributed by atoms with Crippen LogP contribution < -0.4 is 10.1 Å². The summed E-state index contributed by atoms with van der Waals surface area (Å²) in [6, 6.07) is 15.1. The minimum absolute atomic E-state index is 0.00938. The van der Waals surface area contributed by atoms with Crippen LogP contribution in [0, 0.1) is 0 Å². The first kappa shape index (κ1) is 37.1. The topological polar surface area (TPSA) is 194 Å². The quantitative estimate of drug-likeness (QED) is 0.103. The van der Waals surface area contributed by atoms with Crippen molar-refractivity contribution in [2.75, 3.05) is 7.11 Å². The molecule has 3 aromatic carbocycles. The molecule has 5 N–H and O–H groups in total. The number of nitrogens with one attached hydrogen (secondary N) is 1. The monoisotopic (exact) mass is 738 g/mol. The molecule has 6 atom stereocenters. The number of methoxy groups -OCH3 is 1. The molecule has 2 heterocycles. The molecule has 3 aliphatic rings. The zero-order valence-corrected chi connectivity index (χ0v) is 30.3. The number of carbonyl (C=O) groups excluding carboxylic acids is 4. The highest BCUT2D eigenvalue weighted by molar-refractivity contribution is 6.31. The number of hydrogen-bond acceptors (Lipinski definition) is 12. The molecule has 54 heavy (non-hydrogen) atoms. The van der Waals surface area contributed by atoms with Gasteiger partial charge in [-0.25, -0.2) is 0 Å². The number of phenolic OH excluding ortho intramolecular Hbond substituents is 2. The van der Waals surface area contributed by atoms with Crippen LogP contribution in [0.4, 0.5) is 0 Å². The average molecular weight is 739 g/mol. The van der Waals surface area contributed by atoms with E-state index in [0.717, 1.165) is 11.1 Å². The molecule has 7 rings (SSSR count). The van der Waals surface area contributed by atoms with E-state index in [4.69, 9.17) is 14.2 Å². The Hall–Kier alpha value is -5.18. The van der Waals surface area contributed by atoms with Crippen molar-refractivity contribution >= 4 is 23.1 Å². The van der Waals surface area contributed by atoms with Crippen LogP contribution in [0.15, 0.2) is 60.8 Å². The van der Waals surface area contributed by atoms with Gasteiger partial charge in [0, 0.05) is 68.2 Å². The van der Waals surface area contributed by atoms with Crippen molar-refractivity contribution in [1.29, 1.82) is 0 Å². The maximum absolute atomic E-state index is 13.9. The predicted octanol–water partition coefficient (Wildman–Crippen LogP) is 3.62. The second kappa shape index (κ2) is 14.2. The van der Waals surface area contributed by atoms with Crippen LogP contribution in [0.1, 0.15) is 97.4 Å². The first-order chi connectivity index (χ1) is 25.7. The molecule has 0 radical (unpaired) electrons. The van der Waals surface area contributed by atoms with Gasteiger partial charge in [-0.15, -0.1) is 0 Å². The highest BCUT2D eigenvalue weighted by Crippen LogP contribution is 2.52. The summed E-state index contributed by atoms with van der Waals surface area (Å²) < 4.78 is 19.5. The molecule has 1 aromatic heterocycles. The lowest BCUT2D eigenvalue weighted by Crippen LogP contribution is -2.54. The third kappa shape index (κ3) is 6.41. The van der Waals surface area contributed by atoms with Crippen molar-refractivity contribution in [2.24, 2.45) is 7.05 Å². The van der Waals surface area contributed by atoms with Gasteiger partial charge in [0.05, 0.1) is 47.8 Å². The Morgan fingerprint density at radius 1 is 0.981 bits per heavy atom. The van der Waals surface area contributed by atoms with E-state index in [-0.39, 0.29) is 53.0 Å². The van der Waals surface area contributed by atoms with Crippen molar-refractivity contribution in [3.05, 3.63) is 111 Å². The molecular formula is C41H42N2O11. The third-order valence-electron chi connectivity index (χ3n) is 10.9. The number of ketones is 4. The van der Waals surface area contributed by atoms with Gasteiger partial charge in [-0.05, 0) is 43.2 Å². The molecule has 4 aromatic rings. The Morgan fingerprint density at radius 3 is 2.35 bits per heavy atom. The Bertz CT molecular complexity index is 2170. The lowest BCUT2D eigenvalue weighted by molar-refractivity contribution is -0.249. The number of nitrogens with zero attached hydrogens (tertiary/aromatic N) is 1. The fourth-order valence-corrected chi connectivity index (χ4v) is 7.88. The number of carbonyl (C=O) groups is 4. The molecule has 1 saturated heterocycles. The summed E-state index contributed by atoms with van der Waals surface area (Å²) in [4.78, 5) is 53.2. The van der Waals surface area contributed by atoms with E-state index in [1.54, 1.807) is 17.6 Å². The Kier molecular flexibility index (Phi) is 9.79. The van der Waals surface area contributed by atoms with Crippen molar-refractivity contribution in [3.63, 3.8) is 0 Å². The van der Waals surface area contributed by atoms with Gasteiger partial charge in [0.25, 0.3) is 0 Å². The normalized spacial score (nSPS) is 24.7. The Labute approximate surface area is 311 Å². The molecule has 282 valence electrons. The number of phenols is 2. The first-order valence-corrected chi connectivity index (χ1v) is 17.8. The van der Waals surface area contributed by atoms with Gasteiger partial charge in [0.2, 0.25) is 5.78 Å². The number of rotatable bonds is 10. The number of aryl methyl sites for hydroxylation is 1. The summed E-state index contributed by atoms with van der Waals surface area (Å²) in [5.74, 6) is -3.23. The van der Waals surface area contributed by atoms with Crippen molar-refractivity contribution in [3.8, 4) is 17.2 Å². The molecule has 0 spiro atoms. The largest absolute Gasteiger partial charge is 0.507 e. The SMILES string of the molecule is COc1cccc2c1C(=O)c1c(O)c3c(c(O)c1C2=O)C[C@@](O)(C(C)=O)C[C@@H]3OC1CC(NCc2ccc(CC(=O)c3cccn3C)cc2)C(O)C(C)O1. The van der Waals surface area contributed by atoms with E-state index < -0.39 is 82.6 Å². The maximum Gasteiger partial charge on any atom is 0.202 e. The summed E-state index contributed by atoms with van der Waals surface area (Å²) in [5, 5.41) is 49.4. The predicted molar refractivity (Wildman–Crippen MR) is 193 cm³/mol. The number of fused-ring (bicyclic) bond motifs is 3. The minimum Gasteiger partial charge on any atom is -0.507 e. The van der Waals surface area contributed by atoms with Gasteiger partial charge in [-0.2, -0.15) is 0 Å². The molecule has 4 unspecified atom stereocenters. The number of aromatic hydroxyl groups is 2. The molecule has 13 heteroatoms. The lowest BCUT2D eigenvalue weighted by Gasteiger charge is -2.43. The number of aromatic nitrogens is 1. The smallest absolute Gasteiger partial charge is 0.202 e. The number of benzene rings is 3. The van der Waals surface area contributed by atoms with E-state index in [0.29, 0.717) is 12.2 Å². The average Bonchev–Trinajstić information content (AvgIpc) is 3.58. The molecule has 13 nitrogen and oxygen atoms in total. The lowest BCUT2D eigenvalue weighted by atomic mass is 9.72. The van der Waals surface area contributed by atoms with Crippen LogP contribution in [-0.2, 0) is 40.7 Å². The molecule has 1 aliphatic heterocycles. The van der Waals surface area contributed by atoms with Gasteiger partial charge in [0.1, 0.15) is 22.8 Å². The highest BCUT2D eigenvalue weighted by Gasteiger charge is 2.49. The molecule has 0 saturated carbocycles. The van der Waals surface area contributed by atoms with Crippen molar-refractivity contribution < 1.29 is 53.8 Å². The summed E-state index contributed by atoms with van der Waals surface area (Å²) in [5.41, 5.74) is -0.754. The third-order valence-corrected chi connectivity index (χ3v) is 10.9. The number of hydrogen-bond donors (Lipinski definition) is 5. The van der Waals surface area contributed by atoms with Crippen molar-refractivity contribution in [1.82, 2.24) is 9.88 Å². The summed E-state index contributed by atoms with van der Waals surface area (Å²) in [6.07, 6.45) is -2.58. The zero-order valence-electron chi connectivity index (χ0n) is 30.3. The van der Waals surface area contributed by atoms with E-state index in [2.05, 4.69) is 5.32 Å². The Morgan fingerprint density at radius 2 is 1.69 bits per heavy atom. The molecule has 2 aliphatic carbocycles. The second-order valence-electron chi connectivity index (χ2n) is 14.4.